The maximum absolute atomic E-state index is 4.28. The van der Waals surface area contributed by atoms with Crippen molar-refractivity contribution in [2.24, 2.45) is 0 Å². The van der Waals surface area contributed by atoms with E-state index < -0.39 is 0 Å². The highest BCUT2D eigenvalue weighted by atomic mass is 79.9. The molecule has 0 radical (unpaired) electrons. The number of aryl methyl sites for hydroxylation is 1. The second-order valence-corrected chi connectivity index (χ2v) is 3.51. The van der Waals surface area contributed by atoms with Crippen molar-refractivity contribution in [2.45, 2.75) is 20.3 Å². The molecule has 0 bridgehead atoms. The maximum Gasteiger partial charge on any atom is 0.106 e. The Morgan fingerprint density at radius 1 is 1.50 bits per heavy atom. The number of rotatable bonds is 3. The van der Waals surface area contributed by atoms with Gasteiger partial charge in [0.15, 0.2) is 0 Å². The fourth-order valence-corrected chi connectivity index (χ4v) is 1.38. The van der Waals surface area contributed by atoms with Crippen molar-refractivity contribution in [3.05, 3.63) is 22.4 Å². The van der Waals surface area contributed by atoms with Gasteiger partial charge in [-0.1, -0.05) is 6.92 Å². The average Bonchev–Trinajstić information content (AvgIpc) is 2.03. The first-order valence-electron chi connectivity index (χ1n) is 4.11. The second kappa shape index (κ2) is 4.45. The zero-order valence-corrected chi connectivity index (χ0v) is 8.98. The van der Waals surface area contributed by atoms with Crippen LogP contribution in [0.15, 0.2) is 16.7 Å². The molecule has 66 valence electrons. The first kappa shape index (κ1) is 9.52. The molecule has 0 aromatic carbocycles. The molecular weight excluding hydrogens is 216 g/mol. The van der Waals surface area contributed by atoms with Crippen LogP contribution in [0.5, 0.6) is 0 Å². The van der Waals surface area contributed by atoms with Crippen LogP contribution in [0.25, 0.3) is 0 Å². The molecule has 1 aromatic rings. The van der Waals surface area contributed by atoms with E-state index in [1.807, 2.05) is 19.1 Å². The van der Waals surface area contributed by atoms with Crippen LogP contribution in [0.2, 0.25) is 0 Å². The lowest BCUT2D eigenvalue weighted by atomic mass is 10.3. The standard InChI is InChI=1S/C9H13BrN2/c1-3-6-11-8-4-5-9(10)12-7(8)2/h4-5,11H,3,6H2,1-2H3. The molecule has 1 N–H and O–H groups in total. The van der Waals surface area contributed by atoms with Crippen molar-refractivity contribution in [2.75, 3.05) is 11.9 Å². The molecule has 0 unspecified atom stereocenters. The zero-order chi connectivity index (χ0) is 8.97. The van der Waals surface area contributed by atoms with Crippen LogP contribution in [0.1, 0.15) is 19.0 Å². The third kappa shape index (κ3) is 2.48. The summed E-state index contributed by atoms with van der Waals surface area (Å²) in [5.41, 5.74) is 2.16. The van der Waals surface area contributed by atoms with Gasteiger partial charge in [0.2, 0.25) is 0 Å². The maximum atomic E-state index is 4.28. The lowest BCUT2D eigenvalue weighted by Gasteiger charge is -2.06. The Morgan fingerprint density at radius 3 is 2.83 bits per heavy atom. The summed E-state index contributed by atoms with van der Waals surface area (Å²) in [6.45, 7) is 5.15. The van der Waals surface area contributed by atoms with Gasteiger partial charge in [-0.15, -0.1) is 0 Å². The largest absolute Gasteiger partial charge is 0.384 e. The Labute approximate surface area is 81.5 Å². The number of hydrogen-bond acceptors (Lipinski definition) is 2. The molecule has 0 saturated heterocycles. The molecule has 0 aliphatic rings. The Morgan fingerprint density at radius 2 is 2.25 bits per heavy atom. The Balaban J connectivity index is 2.72. The number of nitrogens with one attached hydrogen (secondary N) is 1. The zero-order valence-electron chi connectivity index (χ0n) is 7.39. The molecule has 2 nitrogen and oxygen atoms in total. The average molecular weight is 229 g/mol. The minimum Gasteiger partial charge on any atom is -0.384 e. The van der Waals surface area contributed by atoms with E-state index in [1.54, 1.807) is 0 Å². The van der Waals surface area contributed by atoms with Crippen LogP contribution < -0.4 is 5.32 Å². The predicted molar refractivity (Wildman–Crippen MR) is 55.5 cm³/mol. The van der Waals surface area contributed by atoms with E-state index in [4.69, 9.17) is 0 Å². The summed E-state index contributed by atoms with van der Waals surface area (Å²) in [4.78, 5) is 4.28. The van der Waals surface area contributed by atoms with Crippen molar-refractivity contribution in [3.63, 3.8) is 0 Å². The molecule has 1 aromatic heterocycles. The van der Waals surface area contributed by atoms with E-state index in [0.29, 0.717) is 0 Å². The summed E-state index contributed by atoms with van der Waals surface area (Å²) in [5, 5.41) is 3.31. The molecule has 1 heterocycles. The third-order valence-corrected chi connectivity index (χ3v) is 2.06. The lowest BCUT2D eigenvalue weighted by molar-refractivity contribution is 0.971. The molecular formula is C9H13BrN2. The molecule has 0 spiro atoms. The fraction of sp³-hybridized carbons (Fsp3) is 0.444. The molecule has 1 rings (SSSR count). The highest BCUT2D eigenvalue weighted by Crippen LogP contribution is 2.15. The predicted octanol–water partition coefficient (Wildman–Crippen LogP) is 2.97. The second-order valence-electron chi connectivity index (χ2n) is 2.69. The quantitative estimate of drug-likeness (QED) is 0.806. The molecule has 0 saturated carbocycles. The molecule has 0 aliphatic heterocycles. The Bertz CT molecular complexity index is 261. The molecule has 0 amide bonds. The van der Waals surface area contributed by atoms with E-state index in [9.17, 15) is 0 Å². The van der Waals surface area contributed by atoms with Crippen LogP contribution in [-0.2, 0) is 0 Å². The monoisotopic (exact) mass is 228 g/mol. The molecule has 0 atom stereocenters. The minimum absolute atomic E-state index is 0.891. The van der Waals surface area contributed by atoms with E-state index in [1.165, 1.54) is 0 Å². The molecule has 12 heavy (non-hydrogen) atoms. The normalized spacial score (nSPS) is 9.92. The van der Waals surface area contributed by atoms with E-state index in [-0.39, 0.29) is 0 Å². The summed E-state index contributed by atoms with van der Waals surface area (Å²) in [6, 6.07) is 3.99. The SMILES string of the molecule is CCCNc1ccc(Br)nc1C. The van der Waals surface area contributed by atoms with E-state index in [0.717, 1.165) is 29.0 Å². The first-order chi connectivity index (χ1) is 5.74. The van der Waals surface area contributed by atoms with Gasteiger partial charge in [0.25, 0.3) is 0 Å². The number of halogens is 1. The lowest BCUT2D eigenvalue weighted by Crippen LogP contribution is -2.02. The van der Waals surface area contributed by atoms with E-state index in [2.05, 4.69) is 33.2 Å². The Kier molecular flexibility index (Phi) is 3.53. The Hall–Kier alpha value is -0.570. The van der Waals surface area contributed by atoms with E-state index >= 15 is 0 Å². The molecule has 3 heteroatoms. The van der Waals surface area contributed by atoms with Gasteiger partial charge in [-0.2, -0.15) is 0 Å². The van der Waals surface area contributed by atoms with Crippen LogP contribution in [0.4, 0.5) is 5.69 Å². The summed E-state index contributed by atoms with van der Waals surface area (Å²) < 4.78 is 0.891. The van der Waals surface area contributed by atoms with Crippen LogP contribution in [-0.4, -0.2) is 11.5 Å². The summed E-state index contributed by atoms with van der Waals surface area (Å²) >= 11 is 3.33. The molecule has 0 fully saturated rings. The van der Waals surface area contributed by atoms with Crippen molar-refractivity contribution >= 4 is 21.6 Å². The van der Waals surface area contributed by atoms with Crippen LogP contribution in [0, 0.1) is 6.92 Å². The van der Waals surface area contributed by atoms with Gasteiger partial charge in [-0.25, -0.2) is 4.98 Å². The van der Waals surface area contributed by atoms with Crippen molar-refractivity contribution < 1.29 is 0 Å². The van der Waals surface area contributed by atoms with Crippen LogP contribution >= 0.6 is 15.9 Å². The summed E-state index contributed by atoms with van der Waals surface area (Å²) in [6.07, 6.45) is 1.13. The summed E-state index contributed by atoms with van der Waals surface area (Å²) in [5.74, 6) is 0. The van der Waals surface area contributed by atoms with Gasteiger partial charge in [-0.3, -0.25) is 0 Å². The smallest absolute Gasteiger partial charge is 0.106 e. The van der Waals surface area contributed by atoms with Gasteiger partial charge < -0.3 is 5.32 Å². The fourth-order valence-electron chi connectivity index (χ4n) is 0.977. The van der Waals surface area contributed by atoms with Crippen molar-refractivity contribution in [1.82, 2.24) is 4.98 Å². The van der Waals surface area contributed by atoms with Crippen LogP contribution in [0.3, 0.4) is 0 Å². The summed E-state index contributed by atoms with van der Waals surface area (Å²) in [7, 11) is 0. The van der Waals surface area contributed by atoms with Gasteiger partial charge in [-0.05, 0) is 41.4 Å². The first-order valence-corrected chi connectivity index (χ1v) is 4.90. The number of hydrogen-bond donors (Lipinski definition) is 1. The van der Waals surface area contributed by atoms with Crippen molar-refractivity contribution in [1.29, 1.82) is 0 Å². The molecule has 0 aliphatic carbocycles. The van der Waals surface area contributed by atoms with Crippen molar-refractivity contribution in [3.8, 4) is 0 Å². The van der Waals surface area contributed by atoms with Gasteiger partial charge >= 0.3 is 0 Å². The van der Waals surface area contributed by atoms with Gasteiger partial charge in [0.1, 0.15) is 4.60 Å². The van der Waals surface area contributed by atoms with Gasteiger partial charge in [0, 0.05) is 6.54 Å². The third-order valence-electron chi connectivity index (χ3n) is 1.62. The highest BCUT2D eigenvalue weighted by molar-refractivity contribution is 9.10. The number of anilines is 1. The minimum atomic E-state index is 0.891. The topological polar surface area (TPSA) is 24.9 Å². The number of nitrogens with zero attached hydrogens (tertiary/aromatic N) is 1. The highest BCUT2D eigenvalue weighted by Gasteiger charge is 1.97. The van der Waals surface area contributed by atoms with Gasteiger partial charge in [0.05, 0.1) is 11.4 Å². The number of aromatic nitrogens is 1. The number of pyridine rings is 1.